The molecular weight excluding hydrogens is 1070 g/mol. The minimum absolute atomic E-state index is 0.0451. The predicted molar refractivity (Wildman–Crippen MR) is 286 cm³/mol. The van der Waals surface area contributed by atoms with Gasteiger partial charge in [0.25, 0.3) is 0 Å². The van der Waals surface area contributed by atoms with Crippen LogP contribution in [0.25, 0.3) is 31.3 Å². The van der Waals surface area contributed by atoms with Crippen LogP contribution in [-0.4, -0.2) is 167 Å². The van der Waals surface area contributed by atoms with E-state index in [1.165, 1.54) is 27.9 Å². The summed E-state index contributed by atoms with van der Waals surface area (Å²) in [6, 6.07) is 5.36. The first-order chi connectivity index (χ1) is 39.3. The molecule has 0 aliphatic carbocycles. The lowest BCUT2D eigenvalue weighted by Crippen LogP contribution is -2.64. The van der Waals surface area contributed by atoms with Crippen molar-refractivity contribution in [2.24, 2.45) is 50.9 Å². The van der Waals surface area contributed by atoms with Crippen LogP contribution >= 0.6 is 0 Å². The molecule has 0 N–H and O–H groups in total. The number of methoxy groups -OCH3 is 1. The number of esters is 2. The van der Waals surface area contributed by atoms with Gasteiger partial charge in [-0.3, -0.25) is 14.4 Å². The van der Waals surface area contributed by atoms with Crippen molar-refractivity contribution in [1.29, 1.82) is 0 Å². The summed E-state index contributed by atoms with van der Waals surface area (Å²) >= 11 is 0. The monoisotopic (exact) mass is 1160 g/mol. The van der Waals surface area contributed by atoms with Gasteiger partial charge < -0.3 is 66.3 Å². The molecule has 6 aliphatic rings. The van der Waals surface area contributed by atoms with Crippen molar-refractivity contribution in [3.63, 3.8) is 0 Å². The molecule has 0 amide bonds. The van der Waals surface area contributed by atoms with Crippen LogP contribution in [0.4, 0.5) is 0 Å². The highest BCUT2D eigenvalue weighted by atomic mass is 16.8. The molecule has 0 spiro atoms. The zero-order chi connectivity index (χ0) is 59.5. The molecule has 26 atom stereocenters. The average molecular weight is 1160 g/mol. The molecule has 6 aliphatic heterocycles. The topological polar surface area (TPSA) is 344 Å². The fourth-order valence-electron chi connectivity index (χ4n) is 12.1. The smallest absolute Gasteiger partial charge is 0.338 e. The second kappa shape index (κ2) is 29.7. The number of rotatable bonds is 22. The van der Waals surface area contributed by atoms with Gasteiger partial charge in [-0.2, -0.15) is 0 Å². The van der Waals surface area contributed by atoms with Crippen LogP contribution < -0.4 is 0 Å². The van der Waals surface area contributed by atoms with E-state index in [4.69, 9.17) is 66.3 Å². The summed E-state index contributed by atoms with van der Waals surface area (Å²) in [5.41, 5.74) is 29.6. The molecule has 7 rings (SSSR count). The minimum atomic E-state index is -1.52. The van der Waals surface area contributed by atoms with Crippen molar-refractivity contribution in [3.05, 3.63) is 67.2 Å². The number of carbonyl (C=O) groups is 4. The molecule has 1 aromatic carbocycles. The van der Waals surface area contributed by atoms with Crippen molar-refractivity contribution < 1.29 is 85.5 Å². The van der Waals surface area contributed by atoms with E-state index in [0.717, 1.165) is 12.8 Å². The Morgan fingerprint density at radius 1 is 0.549 bits per heavy atom. The molecule has 0 aromatic heterocycles. The van der Waals surface area contributed by atoms with Gasteiger partial charge in [0.2, 0.25) is 0 Å². The van der Waals surface area contributed by atoms with Crippen LogP contribution in [0, 0.1) is 35.5 Å². The molecule has 0 radical (unpaired) electrons. The van der Waals surface area contributed by atoms with E-state index < -0.39 is 158 Å². The molecule has 0 saturated carbocycles. The van der Waals surface area contributed by atoms with Crippen LogP contribution in [0.5, 0.6) is 0 Å². The molecule has 82 heavy (non-hydrogen) atoms. The van der Waals surface area contributed by atoms with Crippen LogP contribution in [0.2, 0.25) is 0 Å². The van der Waals surface area contributed by atoms with Gasteiger partial charge in [0.05, 0.1) is 54.2 Å². The summed E-state index contributed by atoms with van der Waals surface area (Å²) in [4.78, 5) is 63.2. The SMILES string of the molecule is CCC1O[C@H](O[C@@H]2C(C(C)=O)O[C@@H](O[C@@H]3C(CC)O[C@H](O[C@@H]4C(C(C)=O)O[C@@H](O[C@@H]5C(COC(C)=O)O[C@H](OC)C(N=[N+]=[N-])[C@H]5C)C(OC(=O)c5ccccc5)[C@H]4C)C(N=[N+]=[N-])[C@H]3C)C(OC3CCCCO3)[C@H]2C)C(N=[N+]=[N-])[C@@H](C)[C@@H]1C. The average Bonchev–Trinajstić information content (AvgIpc) is 2.92. The number of Topliss-reactive ketones (excluding diaryl/α,β-unsaturated/α-hetero) is 2. The lowest BCUT2D eigenvalue weighted by molar-refractivity contribution is -0.369. The van der Waals surface area contributed by atoms with Gasteiger partial charge in [-0.1, -0.05) is 88.9 Å². The Labute approximate surface area is 477 Å². The summed E-state index contributed by atoms with van der Waals surface area (Å²) in [7, 11) is 1.37. The van der Waals surface area contributed by atoms with Crippen molar-refractivity contribution in [3.8, 4) is 0 Å². The van der Waals surface area contributed by atoms with E-state index in [2.05, 4.69) is 30.1 Å². The normalized spacial score (nSPS) is 41.3. The van der Waals surface area contributed by atoms with Gasteiger partial charge in [-0.05, 0) is 98.3 Å². The van der Waals surface area contributed by atoms with E-state index >= 15 is 0 Å². The standard InChI is InChI=1S/C55H81N9O18/c1-13-35-25(3)26(4)39(59-62-56)52(72-35)79-44-29(7)46(75-38-22-18-19-23-70-38)54(81-48(44)31(9)65)77-42-28(6)41(61-64-58)53(73-36(42)14-2)80-45-30(8)47(76-50(68)34-20-16-15-17-21-34)55(82-49(45)32(10)66)78-43-27(5)40(60-63-57)51(69-12)74-37(43)24-71-33(11)67/h15-17,20-21,25-30,35-49,51-55H,13-14,18-19,22-24H2,1-12H3/t25-,26-,27+,28+,29-,30-,35?,36?,37?,38?,39?,40?,41?,42-,43-,44-,45-,46?,47?,48?,49?,51-,52+,53+,54+,55+/m0/s1. The molecule has 6 fully saturated rings. The summed E-state index contributed by atoms with van der Waals surface area (Å²) in [5, 5.41) is 12.2. The van der Waals surface area contributed by atoms with Crippen LogP contribution in [0.15, 0.2) is 45.7 Å². The van der Waals surface area contributed by atoms with E-state index in [0.29, 0.717) is 25.9 Å². The summed E-state index contributed by atoms with van der Waals surface area (Å²) in [6.45, 7) is 19.0. The molecule has 454 valence electrons. The highest BCUT2D eigenvalue weighted by Crippen LogP contribution is 2.44. The molecule has 27 nitrogen and oxygen atoms in total. The zero-order valence-electron chi connectivity index (χ0n) is 48.7. The van der Waals surface area contributed by atoms with Gasteiger partial charge in [-0.15, -0.1) is 0 Å². The molecule has 11 unspecified atom stereocenters. The molecule has 0 bridgehead atoms. The number of hydrogen-bond acceptors (Lipinski definition) is 21. The molecule has 1 aromatic rings. The summed E-state index contributed by atoms with van der Waals surface area (Å²) < 4.78 is 89.8. The third-order valence-corrected chi connectivity index (χ3v) is 17.0. The number of nitrogens with zero attached hydrogens (tertiary/aromatic N) is 9. The van der Waals surface area contributed by atoms with Crippen LogP contribution in [-0.2, 0) is 80.7 Å². The Morgan fingerprint density at radius 3 is 1.54 bits per heavy atom. The predicted octanol–water partition coefficient (Wildman–Crippen LogP) is 8.35. The number of ether oxygens (including phenoxy) is 14. The third-order valence-electron chi connectivity index (χ3n) is 17.0. The summed E-state index contributed by atoms with van der Waals surface area (Å²) in [5.74, 6) is -5.31. The minimum Gasteiger partial charge on any atom is -0.463 e. The Bertz CT molecular complexity index is 2460. The molecule has 27 heteroatoms. The van der Waals surface area contributed by atoms with Crippen molar-refractivity contribution in [2.45, 2.75) is 231 Å². The molecular formula is C55H81N9O18. The second-order valence-corrected chi connectivity index (χ2v) is 22.3. The largest absolute Gasteiger partial charge is 0.463 e. The Morgan fingerprint density at radius 2 is 1.04 bits per heavy atom. The third kappa shape index (κ3) is 14.7. The molecule has 6 heterocycles. The number of hydrogen-bond donors (Lipinski definition) is 0. The lowest BCUT2D eigenvalue weighted by atomic mass is 9.81. The quantitative estimate of drug-likeness (QED) is 0.0455. The fourth-order valence-corrected chi connectivity index (χ4v) is 12.1. The zero-order valence-corrected chi connectivity index (χ0v) is 48.7. The van der Waals surface area contributed by atoms with Gasteiger partial charge in [0, 0.05) is 47.2 Å². The van der Waals surface area contributed by atoms with Gasteiger partial charge in [0.15, 0.2) is 55.4 Å². The maximum atomic E-state index is 14.0. The lowest BCUT2D eigenvalue weighted by Gasteiger charge is -2.52. The Hall–Kier alpha value is -5.05. The molecule has 6 saturated heterocycles. The van der Waals surface area contributed by atoms with Gasteiger partial charge >= 0.3 is 11.9 Å². The number of ketones is 2. The van der Waals surface area contributed by atoms with Crippen molar-refractivity contribution in [1.82, 2.24) is 0 Å². The van der Waals surface area contributed by atoms with E-state index in [1.54, 1.807) is 51.1 Å². The van der Waals surface area contributed by atoms with Crippen LogP contribution in [0.3, 0.4) is 0 Å². The summed E-state index contributed by atoms with van der Waals surface area (Å²) in [6.07, 6.45) is -14.8. The van der Waals surface area contributed by atoms with Crippen LogP contribution in [0.1, 0.15) is 119 Å². The van der Waals surface area contributed by atoms with Crippen molar-refractivity contribution in [2.75, 3.05) is 20.3 Å². The van der Waals surface area contributed by atoms with E-state index in [1.807, 2.05) is 34.6 Å². The fraction of sp³-hybridized carbons (Fsp3) is 0.818. The van der Waals surface area contributed by atoms with Gasteiger partial charge in [0.1, 0.15) is 37.1 Å². The highest BCUT2D eigenvalue weighted by Gasteiger charge is 2.57. The first kappa shape index (κ1) is 64.5. The first-order valence-corrected chi connectivity index (χ1v) is 28.5. The maximum absolute atomic E-state index is 14.0. The number of azide groups is 3. The first-order valence-electron chi connectivity index (χ1n) is 28.5. The number of benzene rings is 1. The maximum Gasteiger partial charge on any atom is 0.338 e. The highest BCUT2D eigenvalue weighted by molar-refractivity contribution is 5.89. The Kier molecular flexibility index (Phi) is 23.3. The second-order valence-electron chi connectivity index (χ2n) is 22.3. The van der Waals surface area contributed by atoms with E-state index in [9.17, 15) is 35.8 Å². The van der Waals surface area contributed by atoms with E-state index in [-0.39, 0.29) is 35.9 Å². The van der Waals surface area contributed by atoms with Crippen molar-refractivity contribution >= 4 is 23.5 Å². The number of carbonyl (C=O) groups excluding carboxylic acids is 4. The van der Waals surface area contributed by atoms with Gasteiger partial charge in [-0.25, -0.2) is 4.79 Å². The Balaban J connectivity index is 1.18.